The lowest BCUT2D eigenvalue weighted by Crippen LogP contribution is -2.16. The molecule has 0 saturated heterocycles. The lowest BCUT2D eigenvalue weighted by molar-refractivity contribution is 0.663. The second kappa shape index (κ2) is 5.56. The summed E-state index contributed by atoms with van der Waals surface area (Å²) in [4.78, 5) is 0. The molecule has 1 aliphatic carbocycles. The van der Waals surface area contributed by atoms with Gasteiger partial charge in [-0.2, -0.15) is 0 Å². The largest absolute Gasteiger partial charge is 0.0622 e. The van der Waals surface area contributed by atoms with Crippen molar-refractivity contribution in [3.63, 3.8) is 0 Å². The van der Waals surface area contributed by atoms with E-state index in [4.69, 9.17) is 0 Å². The summed E-state index contributed by atoms with van der Waals surface area (Å²) in [5.41, 5.74) is 8.12. The van der Waals surface area contributed by atoms with Gasteiger partial charge in [-0.3, -0.25) is 0 Å². The van der Waals surface area contributed by atoms with Gasteiger partial charge in [0.25, 0.3) is 0 Å². The molecule has 0 N–H and O–H groups in total. The predicted molar refractivity (Wildman–Crippen MR) is 115 cm³/mol. The average molecular weight is 399 g/mol. The topological polar surface area (TPSA) is 0 Å². The van der Waals surface area contributed by atoms with Gasteiger partial charge in [0.2, 0.25) is 0 Å². The Kier molecular flexibility index (Phi) is 3.39. The molecule has 0 atom stereocenters. The maximum absolute atomic E-state index is 3.83. The van der Waals surface area contributed by atoms with E-state index in [1.807, 2.05) is 0 Å². The van der Waals surface area contributed by atoms with Gasteiger partial charge in [-0.05, 0) is 56.3 Å². The van der Waals surface area contributed by atoms with Crippen molar-refractivity contribution in [1.29, 1.82) is 0 Å². The molecule has 0 aromatic heterocycles. The van der Waals surface area contributed by atoms with E-state index < -0.39 is 0 Å². The van der Waals surface area contributed by atoms with Crippen molar-refractivity contribution in [3.05, 3.63) is 94.5 Å². The standard InChI is InChI=1S/C25H19Br/c1-25(2)23-19(13-8-14-21(23)26)22-20(16-9-4-3-5-10-16)15-17-11-6-7-12-18(17)24(22)25/h3-15H,1-2H3. The Labute approximate surface area is 162 Å². The van der Waals surface area contributed by atoms with Gasteiger partial charge in [0.15, 0.2) is 0 Å². The van der Waals surface area contributed by atoms with Crippen LogP contribution in [0, 0.1) is 0 Å². The first-order valence-electron chi connectivity index (χ1n) is 9.00. The fraction of sp³-hybridized carbons (Fsp3) is 0.120. The Morgan fingerprint density at radius 3 is 2.23 bits per heavy atom. The molecular formula is C25H19Br. The van der Waals surface area contributed by atoms with E-state index in [0.717, 1.165) is 0 Å². The van der Waals surface area contributed by atoms with Crippen LogP contribution >= 0.6 is 15.9 Å². The summed E-state index contributed by atoms with van der Waals surface area (Å²) < 4.78 is 1.19. The minimum atomic E-state index is -0.0465. The third-order valence-electron chi connectivity index (χ3n) is 5.67. The summed E-state index contributed by atoms with van der Waals surface area (Å²) in [5.74, 6) is 0. The van der Waals surface area contributed by atoms with E-state index >= 15 is 0 Å². The molecule has 0 aliphatic heterocycles. The monoisotopic (exact) mass is 398 g/mol. The van der Waals surface area contributed by atoms with Crippen LogP contribution in [0.2, 0.25) is 0 Å². The zero-order valence-corrected chi connectivity index (χ0v) is 16.5. The third kappa shape index (κ3) is 2.07. The number of halogens is 1. The van der Waals surface area contributed by atoms with Crippen molar-refractivity contribution in [2.45, 2.75) is 19.3 Å². The summed E-state index contributed by atoms with van der Waals surface area (Å²) >= 11 is 3.83. The van der Waals surface area contributed by atoms with Crippen LogP contribution in [-0.2, 0) is 5.41 Å². The normalized spacial score (nSPS) is 14.3. The molecule has 1 heteroatoms. The van der Waals surface area contributed by atoms with Crippen LogP contribution < -0.4 is 0 Å². The van der Waals surface area contributed by atoms with E-state index in [9.17, 15) is 0 Å². The van der Waals surface area contributed by atoms with Gasteiger partial charge in [0, 0.05) is 9.89 Å². The molecule has 0 spiro atoms. The van der Waals surface area contributed by atoms with Crippen LogP contribution in [-0.4, -0.2) is 0 Å². The zero-order chi connectivity index (χ0) is 17.9. The van der Waals surface area contributed by atoms with Crippen molar-refractivity contribution >= 4 is 26.7 Å². The molecule has 0 heterocycles. The van der Waals surface area contributed by atoms with Crippen LogP contribution in [0.3, 0.4) is 0 Å². The van der Waals surface area contributed by atoms with Gasteiger partial charge in [-0.25, -0.2) is 0 Å². The summed E-state index contributed by atoms with van der Waals surface area (Å²) in [5, 5.41) is 2.66. The van der Waals surface area contributed by atoms with Crippen LogP contribution in [0.1, 0.15) is 25.0 Å². The fourth-order valence-corrected chi connectivity index (χ4v) is 5.48. The molecule has 0 amide bonds. The SMILES string of the molecule is CC1(C)c2c(Br)cccc2-c2c(-c3ccccc3)cc3ccccc3c21. The molecule has 0 fully saturated rings. The highest BCUT2D eigenvalue weighted by molar-refractivity contribution is 9.10. The van der Waals surface area contributed by atoms with Crippen LogP contribution in [0.5, 0.6) is 0 Å². The third-order valence-corrected chi connectivity index (χ3v) is 6.33. The molecule has 26 heavy (non-hydrogen) atoms. The first-order chi connectivity index (χ1) is 12.6. The van der Waals surface area contributed by atoms with Gasteiger partial charge in [-0.1, -0.05) is 96.5 Å². The lowest BCUT2D eigenvalue weighted by Gasteiger charge is -2.24. The van der Waals surface area contributed by atoms with Crippen LogP contribution in [0.25, 0.3) is 33.0 Å². The zero-order valence-electron chi connectivity index (χ0n) is 14.9. The maximum Gasteiger partial charge on any atom is 0.0222 e. The molecule has 0 saturated carbocycles. The predicted octanol–water partition coefficient (Wildman–Crippen LogP) is 7.58. The Morgan fingerprint density at radius 2 is 1.42 bits per heavy atom. The highest BCUT2D eigenvalue weighted by atomic mass is 79.9. The first kappa shape index (κ1) is 15.8. The quantitative estimate of drug-likeness (QED) is 0.310. The maximum atomic E-state index is 3.83. The van der Waals surface area contributed by atoms with E-state index in [1.165, 1.54) is 48.6 Å². The number of benzene rings is 4. The van der Waals surface area contributed by atoms with Gasteiger partial charge in [-0.15, -0.1) is 0 Å². The second-order valence-electron chi connectivity index (χ2n) is 7.55. The van der Waals surface area contributed by atoms with Crippen LogP contribution in [0.15, 0.2) is 83.3 Å². The number of fused-ring (bicyclic) bond motifs is 5. The Balaban J connectivity index is 2.01. The fourth-order valence-electron chi connectivity index (χ4n) is 4.61. The first-order valence-corrected chi connectivity index (χ1v) is 9.79. The average Bonchev–Trinajstić information content (AvgIpc) is 2.91. The minimum absolute atomic E-state index is 0.0465. The molecule has 5 rings (SSSR count). The molecule has 126 valence electrons. The highest BCUT2D eigenvalue weighted by Crippen LogP contribution is 2.56. The van der Waals surface area contributed by atoms with Gasteiger partial charge >= 0.3 is 0 Å². The molecule has 0 unspecified atom stereocenters. The van der Waals surface area contributed by atoms with Crippen molar-refractivity contribution in [2.75, 3.05) is 0 Å². The smallest absolute Gasteiger partial charge is 0.0222 e. The van der Waals surface area contributed by atoms with E-state index in [0.29, 0.717) is 0 Å². The van der Waals surface area contributed by atoms with Crippen molar-refractivity contribution in [1.82, 2.24) is 0 Å². The van der Waals surface area contributed by atoms with Gasteiger partial charge in [0.05, 0.1) is 0 Å². The summed E-state index contributed by atoms with van der Waals surface area (Å²) in [6, 6.07) is 28.5. The summed E-state index contributed by atoms with van der Waals surface area (Å²) in [7, 11) is 0. The minimum Gasteiger partial charge on any atom is -0.0622 e. The van der Waals surface area contributed by atoms with E-state index in [2.05, 4.69) is 109 Å². The molecule has 0 nitrogen and oxygen atoms in total. The molecule has 4 aromatic carbocycles. The Morgan fingerprint density at radius 1 is 0.692 bits per heavy atom. The number of rotatable bonds is 1. The molecule has 0 bridgehead atoms. The Bertz CT molecular complexity index is 1150. The molecular weight excluding hydrogens is 380 g/mol. The molecule has 4 aromatic rings. The van der Waals surface area contributed by atoms with Crippen molar-refractivity contribution in [2.24, 2.45) is 0 Å². The summed E-state index contributed by atoms with van der Waals surface area (Å²) in [6.07, 6.45) is 0. The summed E-state index contributed by atoms with van der Waals surface area (Å²) in [6.45, 7) is 4.70. The number of hydrogen-bond donors (Lipinski definition) is 0. The lowest BCUT2D eigenvalue weighted by atomic mass is 9.79. The molecule has 1 aliphatic rings. The number of hydrogen-bond acceptors (Lipinski definition) is 0. The van der Waals surface area contributed by atoms with E-state index in [-0.39, 0.29) is 5.41 Å². The Hall–Kier alpha value is -2.38. The molecule has 0 radical (unpaired) electrons. The highest BCUT2D eigenvalue weighted by Gasteiger charge is 2.39. The van der Waals surface area contributed by atoms with E-state index in [1.54, 1.807) is 0 Å². The second-order valence-corrected chi connectivity index (χ2v) is 8.40. The van der Waals surface area contributed by atoms with Crippen molar-refractivity contribution < 1.29 is 0 Å². The van der Waals surface area contributed by atoms with Gasteiger partial charge in [0.1, 0.15) is 0 Å². The van der Waals surface area contributed by atoms with Crippen LogP contribution in [0.4, 0.5) is 0 Å². The van der Waals surface area contributed by atoms with Crippen molar-refractivity contribution in [3.8, 4) is 22.3 Å². The van der Waals surface area contributed by atoms with Gasteiger partial charge < -0.3 is 0 Å².